The first-order chi connectivity index (χ1) is 8.70. The molecule has 0 fully saturated rings. The summed E-state index contributed by atoms with van der Waals surface area (Å²) < 4.78 is 3.92. The molecule has 0 saturated carbocycles. The fraction of sp³-hybridized carbons (Fsp3) is 0.385. The average Bonchev–Trinajstić information content (AvgIpc) is 2.85. The lowest BCUT2D eigenvalue weighted by Crippen LogP contribution is -2.22. The van der Waals surface area contributed by atoms with Crippen LogP contribution in [0.5, 0.6) is 0 Å². The summed E-state index contributed by atoms with van der Waals surface area (Å²) in [4.78, 5) is 1.15. The molecule has 0 aliphatic rings. The lowest BCUT2D eigenvalue weighted by atomic mass is 10.0. The fourth-order valence-corrected chi connectivity index (χ4v) is 2.77. The smallest absolute Gasteiger partial charge is 0.0669 e. The molecular weight excluding hydrogens is 266 g/mol. The van der Waals surface area contributed by atoms with Gasteiger partial charge in [-0.3, -0.25) is 0 Å². The molecule has 1 unspecified atom stereocenters. The lowest BCUT2D eigenvalue weighted by Gasteiger charge is -2.16. The molecule has 0 saturated heterocycles. The quantitative estimate of drug-likeness (QED) is 0.913. The molecule has 1 heterocycles. The van der Waals surface area contributed by atoms with Crippen LogP contribution in [0.3, 0.4) is 0 Å². The van der Waals surface area contributed by atoms with Crippen molar-refractivity contribution < 1.29 is 0 Å². The van der Waals surface area contributed by atoms with Crippen LogP contribution in [0.1, 0.15) is 29.0 Å². The summed E-state index contributed by atoms with van der Waals surface area (Å²) in [5.74, 6) is 0. The Morgan fingerprint density at radius 2 is 2.28 bits per heavy atom. The van der Waals surface area contributed by atoms with E-state index in [1.807, 2.05) is 19.2 Å². The molecule has 0 aliphatic carbocycles. The van der Waals surface area contributed by atoms with Gasteiger partial charge in [-0.2, -0.15) is 0 Å². The third kappa shape index (κ3) is 3.28. The number of aryl methyl sites for hydroxylation is 1. The molecule has 0 aliphatic heterocycles. The molecule has 0 bridgehead atoms. The van der Waals surface area contributed by atoms with Crippen molar-refractivity contribution in [2.45, 2.75) is 26.3 Å². The minimum Gasteiger partial charge on any atom is -0.309 e. The summed E-state index contributed by atoms with van der Waals surface area (Å²) in [5.41, 5.74) is 2.34. The number of rotatable bonds is 5. The van der Waals surface area contributed by atoms with Gasteiger partial charge in [0.2, 0.25) is 0 Å². The molecule has 18 heavy (non-hydrogen) atoms. The van der Waals surface area contributed by atoms with Crippen LogP contribution in [0, 0.1) is 6.92 Å². The van der Waals surface area contributed by atoms with Crippen LogP contribution < -0.4 is 5.32 Å². The third-order valence-electron chi connectivity index (χ3n) is 2.80. The van der Waals surface area contributed by atoms with Gasteiger partial charge < -0.3 is 5.32 Å². The van der Waals surface area contributed by atoms with E-state index in [2.05, 4.69) is 34.0 Å². The van der Waals surface area contributed by atoms with E-state index in [0.29, 0.717) is 0 Å². The molecular formula is C13H16ClN3S. The highest BCUT2D eigenvalue weighted by molar-refractivity contribution is 7.05. The summed E-state index contributed by atoms with van der Waals surface area (Å²) in [6.45, 7) is 5.05. The van der Waals surface area contributed by atoms with Crippen molar-refractivity contribution >= 4 is 23.1 Å². The first-order valence-corrected chi connectivity index (χ1v) is 7.11. The van der Waals surface area contributed by atoms with Crippen LogP contribution in [-0.4, -0.2) is 16.1 Å². The molecule has 2 aromatic rings. The van der Waals surface area contributed by atoms with E-state index in [4.69, 9.17) is 11.6 Å². The zero-order valence-electron chi connectivity index (χ0n) is 10.5. The topological polar surface area (TPSA) is 37.8 Å². The molecule has 1 atom stereocenters. The number of nitrogens with zero attached hydrogens (tertiary/aromatic N) is 2. The van der Waals surface area contributed by atoms with Gasteiger partial charge in [0.05, 0.1) is 11.1 Å². The van der Waals surface area contributed by atoms with E-state index >= 15 is 0 Å². The van der Waals surface area contributed by atoms with Crippen LogP contribution in [0.25, 0.3) is 0 Å². The lowest BCUT2D eigenvalue weighted by molar-refractivity contribution is 0.557. The van der Waals surface area contributed by atoms with Crippen LogP contribution in [0.4, 0.5) is 0 Å². The number of hydrogen-bond acceptors (Lipinski definition) is 4. The van der Waals surface area contributed by atoms with E-state index < -0.39 is 0 Å². The van der Waals surface area contributed by atoms with E-state index in [1.165, 1.54) is 17.1 Å². The molecule has 0 amide bonds. The zero-order valence-corrected chi connectivity index (χ0v) is 12.1. The molecule has 1 aromatic heterocycles. The van der Waals surface area contributed by atoms with Gasteiger partial charge in [-0.15, -0.1) is 5.10 Å². The minimum absolute atomic E-state index is 0.232. The Kier molecular flexibility index (Phi) is 4.69. The second-order valence-electron chi connectivity index (χ2n) is 4.23. The number of hydrogen-bond donors (Lipinski definition) is 1. The first-order valence-electron chi connectivity index (χ1n) is 5.96. The second-order valence-corrected chi connectivity index (χ2v) is 5.45. The van der Waals surface area contributed by atoms with E-state index in [1.54, 1.807) is 0 Å². The molecule has 5 heteroatoms. The van der Waals surface area contributed by atoms with Crippen molar-refractivity contribution in [3.05, 3.63) is 45.4 Å². The highest BCUT2D eigenvalue weighted by atomic mass is 35.5. The Balaban J connectivity index is 2.18. The van der Waals surface area contributed by atoms with Gasteiger partial charge in [0.15, 0.2) is 0 Å². The normalized spacial score (nSPS) is 12.6. The van der Waals surface area contributed by atoms with Crippen molar-refractivity contribution in [1.82, 2.24) is 14.9 Å². The Hall–Kier alpha value is -0.970. The average molecular weight is 282 g/mol. The largest absolute Gasteiger partial charge is 0.309 e. The summed E-state index contributed by atoms with van der Waals surface area (Å²) in [5, 5.41) is 8.18. The number of aromatic nitrogens is 2. The fourth-order valence-electron chi connectivity index (χ4n) is 1.89. The monoisotopic (exact) mass is 281 g/mol. The Morgan fingerprint density at radius 3 is 2.89 bits per heavy atom. The van der Waals surface area contributed by atoms with Crippen LogP contribution in [-0.2, 0) is 6.42 Å². The molecule has 0 spiro atoms. The molecule has 3 nitrogen and oxygen atoms in total. The SMILES string of the molecule is CCNC(Cc1ccc(C)cc1Cl)c1cnns1. The maximum atomic E-state index is 6.28. The summed E-state index contributed by atoms with van der Waals surface area (Å²) in [6.07, 6.45) is 2.68. The summed E-state index contributed by atoms with van der Waals surface area (Å²) in [6, 6.07) is 6.42. The molecule has 1 N–H and O–H groups in total. The summed E-state index contributed by atoms with van der Waals surface area (Å²) >= 11 is 7.71. The van der Waals surface area contributed by atoms with Crippen molar-refractivity contribution in [1.29, 1.82) is 0 Å². The maximum Gasteiger partial charge on any atom is 0.0669 e. The number of benzene rings is 1. The third-order valence-corrected chi connectivity index (χ3v) is 3.93. The van der Waals surface area contributed by atoms with Gasteiger partial charge in [-0.1, -0.05) is 35.1 Å². The van der Waals surface area contributed by atoms with Crippen LogP contribution >= 0.6 is 23.1 Å². The standard InChI is InChI=1S/C13H16ClN3S/c1-3-15-12(13-8-16-17-18-13)7-10-5-4-9(2)6-11(10)14/h4-6,8,12,15H,3,7H2,1-2H3. The van der Waals surface area contributed by atoms with E-state index in [9.17, 15) is 0 Å². The van der Waals surface area contributed by atoms with Gasteiger partial charge in [-0.05, 0) is 48.6 Å². The zero-order chi connectivity index (χ0) is 13.0. The van der Waals surface area contributed by atoms with E-state index in [0.717, 1.165) is 28.4 Å². The molecule has 1 aromatic carbocycles. The van der Waals surface area contributed by atoms with Gasteiger partial charge in [-0.25, -0.2) is 0 Å². The highest BCUT2D eigenvalue weighted by Gasteiger charge is 2.15. The first kappa shape index (κ1) is 13.5. The Morgan fingerprint density at radius 1 is 1.44 bits per heavy atom. The van der Waals surface area contributed by atoms with Crippen molar-refractivity contribution in [3.8, 4) is 0 Å². The molecule has 0 radical (unpaired) electrons. The number of likely N-dealkylation sites (N-methyl/N-ethyl adjacent to an activating group) is 1. The van der Waals surface area contributed by atoms with Crippen LogP contribution in [0.15, 0.2) is 24.4 Å². The van der Waals surface area contributed by atoms with Gasteiger partial charge in [0, 0.05) is 11.1 Å². The Bertz CT molecular complexity index is 499. The van der Waals surface area contributed by atoms with Crippen molar-refractivity contribution in [2.24, 2.45) is 0 Å². The van der Waals surface area contributed by atoms with Gasteiger partial charge in [0.25, 0.3) is 0 Å². The molecule has 2 rings (SSSR count). The minimum atomic E-state index is 0.232. The predicted octanol–water partition coefficient (Wildman–Crippen LogP) is 3.39. The van der Waals surface area contributed by atoms with Crippen molar-refractivity contribution in [2.75, 3.05) is 6.54 Å². The number of nitrogens with one attached hydrogen (secondary N) is 1. The second kappa shape index (κ2) is 6.27. The van der Waals surface area contributed by atoms with Crippen LogP contribution in [0.2, 0.25) is 5.02 Å². The Labute approximate surface area is 116 Å². The van der Waals surface area contributed by atoms with Crippen molar-refractivity contribution in [3.63, 3.8) is 0 Å². The van der Waals surface area contributed by atoms with Gasteiger partial charge >= 0.3 is 0 Å². The predicted molar refractivity (Wildman–Crippen MR) is 76.2 cm³/mol. The number of halogens is 1. The van der Waals surface area contributed by atoms with E-state index in [-0.39, 0.29) is 6.04 Å². The van der Waals surface area contributed by atoms with Gasteiger partial charge in [0.1, 0.15) is 0 Å². The summed E-state index contributed by atoms with van der Waals surface area (Å²) in [7, 11) is 0. The molecule has 96 valence electrons. The maximum absolute atomic E-state index is 6.28. The highest BCUT2D eigenvalue weighted by Crippen LogP contribution is 2.25.